The van der Waals surface area contributed by atoms with Crippen molar-refractivity contribution in [3.05, 3.63) is 89.6 Å². The Kier molecular flexibility index (Phi) is 5.00. The molecule has 0 radical (unpaired) electrons. The van der Waals surface area contributed by atoms with Crippen LogP contribution in [-0.4, -0.2) is 21.8 Å². The molecular weight excluding hydrogens is 378 g/mol. The molecule has 0 saturated carbocycles. The van der Waals surface area contributed by atoms with Gasteiger partial charge in [-0.1, -0.05) is 36.4 Å². The molecule has 0 spiro atoms. The summed E-state index contributed by atoms with van der Waals surface area (Å²) in [5.74, 6) is -0.430. The lowest BCUT2D eigenvalue weighted by atomic mass is 10.0. The Bertz CT molecular complexity index is 1280. The van der Waals surface area contributed by atoms with E-state index in [9.17, 15) is 9.59 Å². The Hall–Kier alpha value is -4.39. The molecule has 30 heavy (non-hydrogen) atoms. The number of H-pyrrole nitrogens is 1. The summed E-state index contributed by atoms with van der Waals surface area (Å²) >= 11 is 0. The Labute approximate surface area is 172 Å². The number of hydrogen-bond acceptors (Lipinski definition) is 4. The largest absolute Gasteiger partial charge is 0.399 e. The van der Waals surface area contributed by atoms with E-state index in [1.165, 1.54) is 0 Å². The number of carbonyl (C=O) groups excluding carboxylic acids is 2. The average Bonchev–Trinajstić information content (AvgIpc) is 3.14. The minimum absolute atomic E-state index is 0.305. The summed E-state index contributed by atoms with van der Waals surface area (Å²) < 4.78 is 0. The molecule has 0 unspecified atom stereocenters. The van der Waals surface area contributed by atoms with Crippen molar-refractivity contribution in [1.82, 2.24) is 9.97 Å². The van der Waals surface area contributed by atoms with Crippen LogP contribution in [0.15, 0.2) is 72.9 Å². The topological polar surface area (TPSA) is 127 Å². The fourth-order valence-electron chi connectivity index (χ4n) is 3.15. The van der Waals surface area contributed by atoms with E-state index >= 15 is 0 Å². The van der Waals surface area contributed by atoms with Gasteiger partial charge < -0.3 is 21.8 Å². The molecule has 2 aromatic carbocycles. The van der Waals surface area contributed by atoms with E-state index in [4.69, 9.17) is 11.5 Å². The van der Waals surface area contributed by atoms with Gasteiger partial charge >= 0.3 is 0 Å². The molecule has 0 saturated heterocycles. The van der Waals surface area contributed by atoms with Gasteiger partial charge in [0.25, 0.3) is 5.91 Å². The van der Waals surface area contributed by atoms with E-state index in [0.717, 1.165) is 16.5 Å². The van der Waals surface area contributed by atoms with Crippen LogP contribution in [0.2, 0.25) is 0 Å². The molecule has 6 N–H and O–H groups in total. The van der Waals surface area contributed by atoms with Gasteiger partial charge in [0.05, 0.1) is 0 Å². The minimum atomic E-state index is -0.519. The molecule has 2 heterocycles. The van der Waals surface area contributed by atoms with Crippen molar-refractivity contribution < 1.29 is 9.59 Å². The molecule has 2 amide bonds. The van der Waals surface area contributed by atoms with Gasteiger partial charge in [0.15, 0.2) is 0 Å². The third-order valence-electron chi connectivity index (χ3n) is 4.61. The monoisotopic (exact) mass is 397 g/mol. The van der Waals surface area contributed by atoms with Crippen molar-refractivity contribution in [3.63, 3.8) is 0 Å². The Balaban J connectivity index is 1.64. The third kappa shape index (κ3) is 3.90. The molecular formula is C23H19N5O2. The Morgan fingerprint density at radius 2 is 1.73 bits per heavy atom. The van der Waals surface area contributed by atoms with Gasteiger partial charge in [-0.15, -0.1) is 0 Å². The molecule has 0 aliphatic rings. The number of hydrogen-bond donors (Lipinski definition) is 4. The van der Waals surface area contributed by atoms with Crippen LogP contribution in [0, 0.1) is 0 Å². The second-order valence-electron chi connectivity index (χ2n) is 6.70. The summed E-state index contributed by atoms with van der Waals surface area (Å²) in [6, 6.07) is 19.4. The first kappa shape index (κ1) is 18.9. The van der Waals surface area contributed by atoms with Crippen molar-refractivity contribution >= 4 is 46.0 Å². The van der Waals surface area contributed by atoms with E-state index in [2.05, 4.69) is 15.3 Å². The van der Waals surface area contributed by atoms with Gasteiger partial charge in [-0.25, -0.2) is 4.98 Å². The number of nitrogens with two attached hydrogens (primary N) is 2. The van der Waals surface area contributed by atoms with E-state index in [1.807, 2.05) is 36.4 Å². The lowest BCUT2D eigenvalue weighted by Gasteiger charge is -2.06. The first-order chi connectivity index (χ1) is 14.5. The Morgan fingerprint density at radius 3 is 2.47 bits per heavy atom. The van der Waals surface area contributed by atoms with E-state index in [1.54, 1.807) is 42.6 Å². The van der Waals surface area contributed by atoms with Gasteiger partial charge in [-0.3, -0.25) is 9.59 Å². The fourth-order valence-corrected chi connectivity index (χ4v) is 3.15. The smallest absolute Gasteiger partial charge is 0.256 e. The number of pyridine rings is 1. The summed E-state index contributed by atoms with van der Waals surface area (Å²) in [6.07, 6.45) is 3.47. The van der Waals surface area contributed by atoms with Crippen LogP contribution >= 0.6 is 0 Å². The van der Waals surface area contributed by atoms with E-state index < -0.39 is 5.91 Å². The first-order valence-electron chi connectivity index (χ1n) is 9.23. The number of amides is 2. The predicted molar refractivity (Wildman–Crippen MR) is 118 cm³/mol. The zero-order valence-electron chi connectivity index (χ0n) is 15.9. The van der Waals surface area contributed by atoms with Crippen LogP contribution in [0.3, 0.4) is 0 Å². The molecule has 0 bridgehead atoms. The van der Waals surface area contributed by atoms with Crippen LogP contribution in [0.1, 0.15) is 21.5 Å². The fraction of sp³-hybridized carbons (Fsp3) is 0. The third-order valence-corrected chi connectivity index (χ3v) is 4.61. The number of primary amides is 1. The number of anilines is 2. The quantitative estimate of drug-likeness (QED) is 0.304. The number of nitrogen functional groups attached to an aromatic ring is 1. The second kappa shape index (κ2) is 7.92. The van der Waals surface area contributed by atoms with Crippen molar-refractivity contribution in [2.24, 2.45) is 5.73 Å². The summed E-state index contributed by atoms with van der Waals surface area (Å²) in [6.45, 7) is 0. The number of aromatic nitrogens is 2. The van der Waals surface area contributed by atoms with E-state index in [-0.39, 0.29) is 5.91 Å². The highest BCUT2D eigenvalue weighted by molar-refractivity contribution is 6.24. The number of rotatable bonds is 5. The maximum Gasteiger partial charge on any atom is 0.256 e. The lowest BCUT2D eigenvalue weighted by molar-refractivity contribution is -0.112. The molecule has 0 fully saturated rings. The maximum atomic E-state index is 12.4. The average molecular weight is 397 g/mol. The SMILES string of the molecule is NC(=O)C(=Cc1c[nH]c2nc(NC(=O)c3cccc(N)c3)ccc12)c1ccccc1. The number of fused-ring (bicyclic) bond motifs is 1. The molecule has 2 aromatic heterocycles. The number of nitrogens with zero attached hydrogens (tertiary/aromatic N) is 1. The number of benzene rings is 2. The molecule has 0 atom stereocenters. The zero-order valence-corrected chi connectivity index (χ0v) is 15.9. The highest BCUT2D eigenvalue weighted by Gasteiger charge is 2.12. The number of nitrogens with one attached hydrogen (secondary N) is 2. The molecule has 7 nitrogen and oxygen atoms in total. The van der Waals surface area contributed by atoms with Gasteiger partial charge in [-0.2, -0.15) is 0 Å². The summed E-state index contributed by atoms with van der Waals surface area (Å²) in [4.78, 5) is 31.9. The summed E-state index contributed by atoms with van der Waals surface area (Å²) in [5.41, 5.74) is 14.7. The lowest BCUT2D eigenvalue weighted by Crippen LogP contribution is -2.13. The zero-order chi connectivity index (χ0) is 21.1. The van der Waals surface area contributed by atoms with Crippen LogP contribution in [-0.2, 0) is 4.79 Å². The molecule has 148 valence electrons. The van der Waals surface area contributed by atoms with Crippen molar-refractivity contribution in [1.29, 1.82) is 0 Å². The highest BCUT2D eigenvalue weighted by Crippen LogP contribution is 2.24. The van der Waals surface area contributed by atoms with Crippen LogP contribution in [0.5, 0.6) is 0 Å². The van der Waals surface area contributed by atoms with Gasteiger partial charge in [0.1, 0.15) is 11.5 Å². The Morgan fingerprint density at radius 1 is 0.967 bits per heavy atom. The molecule has 0 aliphatic carbocycles. The second-order valence-corrected chi connectivity index (χ2v) is 6.70. The van der Waals surface area contributed by atoms with Crippen LogP contribution in [0.4, 0.5) is 11.5 Å². The standard InChI is InChI=1S/C23H19N5O2/c24-17-8-4-7-15(11-17)23(30)28-20-10-9-18-16(13-26-22(18)27-20)12-19(21(25)29)14-5-2-1-3-6-14/h1-13H,24H2,(H2,25,29)(H2,26,27,28,30). The van der Waals surface area contributed by atoms with Crippen LogP contribution < -0.4 is 16.8 Å². The summed E-state index contributed by atoms with van der Waals surface area (Å²) in [7, 11) is 0. The minimum Gasteiger partial charge on any atom is -0.399 e. The van der Waals surface area contributed by atoms with Gasteiger partial charge in [0.2, 0.25) is 5.91 Å². The molecule has 4 aromatic rings. The van der Waals surface area contributed by atoms with Crippen molar-refractivity contribution in [3.8, 4) is 0 Å². The number of carbonyl (C=O) groups is 2. The van der Waals surface area contributed by atoms with Crippen molar-refractivity contribution in [2.45, 2.75) is 0 Å². The van der Waals surface area contributed by atoms with Crippen molar-refractivity contribution in [2.75, 3.05) is 11.1 Å². The molecule has 7 heteroatoms. The normalized spacial score (nSPS) is 11.4. The highest BCUT2D eigenvalue weighted by atomic mass is 16.2. The van der Waals surface area contributed by atoms with E-state index in [0.29, 0.717) is 28.3 Å². The van der Waals surface area contributed by atoms with Gasteiger partial charge in [-0.05, 0) is 42.0 Å². The van der Waals surface area contributed by atoms with Gasteiger partial charge in [0, 0.05) is 34.0 Å². The predicted octanol–water partition coefficient (Wildman–Crippen LogP) is 3.42. The molecule has 4 rings (SSSR count). The summed E-state index contributed by atoms with van der Waals surface area (Å²) in [5, 5.41) is 3.55. The first-order valence-corrected chi connectivity index (χ1v) is 9.23. The number of aromatic amines is 1. The maximum absolute atomic E-state index is 12.4. The van der Waals surface area contributed by atoms with Crippen LogP contribution in [0.25, 0.3) is 22.7 Å². The molecule has 0 aliphatic heterocycles.